The average molecular weight is 884 g/mol. The van der Waals surface area contributed by atoms with E-state index in [9.17, 15) is 0 Å². The van der Waals surface area contributed by atoms with Crippen molar-refractivity contribution in [3.8, 4) is 39.9 Å². The molecule has 7 aromatic rings. The van der Waals surface area contributed by atoms with Gasteiger partial charge in [0.25, 0.3) is 0 Å². The van der Waals surface area contributed by atoms with Crippen LogP contribution in [0.4, 0.5) is 0 Å². The van der Waals surface area contributed by atoms with Gasteiger partial charge in [-0.2, -0.15) is 17.2 Å². The van der Waals surface area contributed by atoms with E-state index in [0.717, 1.165) is 70.3 Å². The Balaban J connectivity index is 0.00000481. The van der Waals surface area contributed by atoms with Gasteiger partial charge in [0.15, 0.2) is 0 Å². The molecule has 3 aromatic heterocycles. The molecule has 0 spiro atoms. The van der Waals surface area contributed by atoms with Crippen molar-refractivity contribution in [3.05, 3.63) is 126 Å². The van der Waals surface area contributed by atoms with Gasteiger partial charge < -0.3 is 14.0 Å². The summed E-state index contributed by atoms with van der Waals surface area (Å²) in [6.45, 7) is 16.1. The van der Waals surface area contributed by atoms with E-state index in [2.05, 4.69) is 113 Å². The molecule has 53 heavy (non-hydrogen) atoms. The zero-order chi connectivity index (χ0) is 36.6. The number of aromatic nitrogens is 4. The Bertz CT molecular complexity index is 2340. The molecule has 0 bridgehead atoms. The van der Waals surface area contributed by atoms with Crippen molar-refractivity contribution in [2.75, 3.05) is 7.11 Å². The van der Waals surface area contributed by atoms with Crippen LogP contribution in [-0.2, 0) is 33.9 Å². The number of methoxy groups -OCH3 is 1. The molecule has 0 saturated heterocycles. The Hall–Kier alpha value is -4.67. The van der Waals surface area contributed by atoms with Crippen molar-refractivity contribution < 1.29 is 30.5 Å². The molecule has 7 heteroatoms. The van der Waals surface area contributed by atoms with Crippen LogP contribution in [0.5, 0.6) is 17.2 Å². The normalized spacial score (nSPS) is 11.9. The van der Waals surface area contributed by atoms with Gasteiger partial charge in [-0.25, -0.2) is 4.98 Å². The molecule has 6 nitrogen and oxygen atoms in total. The predicted octanol–water partition coefficient (Wildman–Crippen LogP) is 11.7. The first kappa shape index (κ1) is 38.1. The summed E-state index contributed by atoms with van der Waals surface area (Å²) in [6.07, 6.45) is 10.2. The van der Waals surface area contributed by atoms with E-state index in [1.165, 1.54) is 22.3 Å². The standard InChI is InChI=1S/C46H48N4O2.Pt/c1-31-24-32(18-21-45(2,3)4)44(33(25-31)19-22-46(5,6)7)34-29-48-49(30-34)35-12-11-13-37(26-35)52-38-16-17-40-39-14-9-10-15-41(39)50(42(40)27-38)43-28-36(51-8)20-23-47-43;/h9-17,20,23-25,28-30H,18-19,21-22H2,1-8H3;/q-2;+2. The zero-order valence-electron chi connectivity index (χ0n) is 32.0. The largest absolute Gasteiger partial charge is 2.00 e. The Labute approximate surface area is 328 Å². The zero-order valence-corrected chi connectivity index (χ0v) is 34.3. The van der Waals surface area contributed by atoms with Gasteiger partial charge in [-0.05, 0) is 83.3 Å². The minimum Gasteiger partial charge on any atom is -0.509 e. The quantitative estimate of drug-likeness (QED) is 0.128. The van der Waals surface area contributed by atoms with Crippen molar-refractivity contribution in [1.29, 1.82) is 0 Å². The third kappa shape index (κ3) is 8.60. The number of rotatable bonds is 10. The second-order valence-electron chi connectivity index (χ2n) is 16.2. The second kappa shape index (κ2) is 15.4. The number of ether oxygens (including phenoxy) is 2. The first-order valence-electron chi connectivity index (χ1n) is 18.2. The topological polar surface area (TPSA) is 54.1 Å². The first-order chi connectivity index (χ1) is 24.8. The fourth-order valence-electron chi connectivity index (χ4n) is 6.88. The Morgan fingerprint density at radius 3 is 2.15 bits per heavy atom. The van der Waals surface area contributed by atoms with E-state index in [1.54, 1.807) is 13.3 Å². The summed E-state index contributed by atoms with van der Waals surface area (Å²) < 4.78 is 16.0. The van der Waals surface area contributed by atoms with Gasteiger partial charge in [-0.15, -0.1) is 35.7 Å². The third-order valence-corrected chi connectivity index (χ3v) is 9.56. The van der Waals surface area contributed by atoms with Gasteiger partial charge >= 0.3 is 21.1 Å². The van der Waals surface area contributed by atoms with Gasteiger partial charge in [0.2, 0.25) is 0 Å². The number of aryl methyl sites for hydroxylation is 3. The Morgan fingerprint density at radius 1 is 0.755 bits per heavy atom. The monoisotopic (exact) mass is 883 g/mol. The van der Waals surface area contributed by atoms with Crippen LogP contribution in [-0.4, -0.2) is 26.4 Å². The van der Waals surface area contributed by atoms with E-state index in [-0.39, 0.29) is 31.9 Å². The number of hydrogen-bond acceptors (Lipinski definition) is 4. The van der Waals surface area contributed by atoms with Crippen LogP contribution in [0.25, 0.3) is 44.4 Å². The molecule has 0 amide bonds. The van der Waals surface area contributed by atoms with Crippen LogP contribution in [0.3, 0.4) is 0 Å². The van der Waals surface area contributed by atoms with Gasteiger partial charge in [0, 0.05) is 41.0 Å². The number of pyridine rings is 1. The van der Waals surface area contributed by atoms with E-state index in [1.807, 2.05) is 53.3 Å². The van der Waals surface area contributed by atoms with E-state index >= 15 is 0 Å². The van der Waals surface area contributed by atoms with Crippen molar-refractivity contribution in [2.24, 2.45) is 10.8 Å². The minimum absolute atomic E-state index is 0. The summed E-state index contributed by atoms with van der Waals surface area (Å²) in [4.78, 5) is 4.68. The molecule has 0 aliphatic rings. The summed E-state index contributed by atoms with van der Waals surface area (Å²) in [5.74, 6) is 2.65. The fourth-order valence-corrected chi connectivity index (χ4v) is 6.88. The summed E-state index contributed by atoms with van der Waals surface area (Å²) in [5, 5.41) is 7.04. The third-order valence-electron chi connectivity index (χ3n) is 9.56. The smallest absolute Gasteiger partial charge is 0.509 e. The fraction of sp³-hybridized carbons (Fsp3) is 0.304. The van der Waals surface area contributed by atoms with Gasteiger partial charge in [0.1, 0.15) is 11.6 Å². The molecule has 0 aliphatic heterocycles. The van der Waals surface area contributed by atoms with Crippen molar-refractivity contribution in [1.82, 2.24) is 19.3 Å². The molecule has 7 rings (SSSR count). The van der Waals surface area contributed by atoms with Gasteiger partial charge in [-0.1, -0.05) is 83.0 Å². The van der Waals surface area contributed by atoms with E-state index in [0.29, 0.717) is 11.5 Å². The molecule has 0 aliphatic carbocycles. The van der Waals surface area contributed by atoms with Crippen LogP contribution in [0.2, 0.25) is 0 Å². The van der Waals surface area contributed by atoms with Crippen LogP contribution in [0.1, 0.15) is 71.1 Å². The van der Waals surface area contributed by atoms with Crippen LogP contribution >= 0.6 is 0 Å². The molecule has 0 saturated carbocycles. The number of nitrogens with zero attached hydrogens (tertiary/aromatic N) is 4. The molecular weight excluding hydrogens is 836 g/mol. The van der Waals surface area contributed by atoms with Gasteiger partial charge in [0.05, 0.1) is 13.3 Å². The number of hydrogen-bond donors (Lipinski definition) is 0. The summed E-state index contributed by atoms with van der Waals surface area (Å²) in [5.41, 5.74) is 9.76. The van der Waals surface area contributed by atoms with E-state index < -0.39 is 0 Å². The Kier molecular flexibility index (Phi) is 11.0. The number of benzene rings is 4. The van der Waals surface area contributed by atoms with E-state index in [4.69, 9.17) is 14.6 Å². The van der Waals surface area contributed by atoms with Crippen molar-refractivity contribution in [3.63, 3.8) is 0 Å². The summed E-state index contributed by atoms with van der Waals surface area (Å²) in [7, 11) is 1.66. The molecule has 4 aromatic carbocycles. The first-order valence-corrected chi connectivity index (χ1v) is 18.2. The predicted molar refractivity (Wildman–Crippen MR) is 212 cm³/mol. The molecule has 0 radical (unpaired) electrons. The minimum atomic E-state index is 0. The molecular formula is C46H48N4O2Pt. The maximum Gasteiger partial charge on any atom is 2.00 e. The maximum absolute atomic E-state index is 6.44. The van der Waals surface area contributed by atoms with Gasteiger partial charge in [-0.3, -0.25) is 4.68 Å². The van der Waals surface area contributed by atoms with Crippen molar-refractivity contribution in [2.45, 2.75) is 74.1 Å². The number of fused-ring (bicyclic) bond motifs is 3. The van der Waals surface area contributed by atoms with Crippen molar-refractivity contribution >= 4 is 21.8 Å². The molecule has 0 atom stereocenters. The van der Waals surface area contributed by atoms with Crippen LogP contribution in [0.15, 0.2) is 97.5 Å². The van der Waals surface area contributed by atoms with Crippen LogP contribution in [0, 0.1) is 29.9 Å². The molecule has 274 valence electrons. The molecule has 0 N–H and O–H groups in total. The molecule has 3 heterocycles. The Morgan fingerprint density at radius 2 is 1.45 bits per heavy atom. The number of para-hydroxylation sites is 1. The maximum atomic E-state index is 6.44. The summed E-state index contributed by atoms with van der Waals surface area (Å²) >= 11 is 0. The second-order valence-corrected chi connectivity index (χ2v) is 16.2. The summed E-state index contributed by atoms with van der Waals surface area (Å²) in [6, 6.07) is 33.8. The average Bonchev–Trinajstić information content (AvgIpc) is 3.72. The SMILES string of the molecule is COc1ccnc(-n2c3[c-]c(Oc4[c-]c(-n5cc(-c6c(CCC(C)(C)C)cc(C)cc6CCC(C)(C)C)cn5)ccc4)ccc3c3ccccc32)c1.[Pt+2]. The van der Waals surface area contributed by atoms with Crippen LogP contribution < -0.4 is 9.47 Å². The molecule has 0 unspecified atom stereocenters. The molecule has 0 fully saturated rings.